The fraction of sp³-hybridized carbons (Fsp3) is 0.700. The molecule has 0 aromatic carbocycles. The number of nitrogens with zero attached hydrogens (tertiary/aromatic N) is 3. The van der Waals surface area contributed by atoms with Crippen molar-refractivity contribution >= 4 is 0 Å². The van der Waals surface area contributed by atoms with Gasteiger partial charge in [0, 0.05) is 23.7 Å². The Morgan fingerprint density at radius 1 is 0.692 bits per heavy atom. The van der Waals surface area contributed by atoms with Crippen molar-refractivity contribution in [3.8, 4) is 18.2 Å². The molecule has 0 N–H and O–H groups in total. The monoisotopic (exact) mass is 175 g/mol. The molecule has 0 bridgehead atoms. The molecule has 13 heavy (non-hydrogen) atoms. The summed E-state index contributed by atoms with van der Waals surface area (Å²) in [5.41, 5.74) is 0. The average molecular weight is 175 g/mol. The van der Waals surface area contributed by atoms with Crippen LogP contribution in [-0.2, 0) is 0 Å². The van der Waals surface area contributed by atoms with Crippen LogP contribution in [0, 0.1) is 57.7 Å². The second kappa shape index (κ2) is 5.18. The highest BCUT2D eigenvalue weighted by Gasteiger charge is 2.28. The molecule has 3 unspecified atom stereocenters. The van der Waals surface area contributed by atoms with Crippen molar-refractivity contribution in [2.45, 2.75) is 20.8 Å². The number of nitriles is 3. The Morgan fingerprint density at radius 3 is 1.08 bits per heavy atom. The van der Waals surface area contributed by atoms with Crippen LogP contribution in [0.25, 0.3) is 0 Å². The Labute approximate surface area is 79.2 Å². The normalized spacial score (nSPS) is 18.5. The van der Waals surface area contributed by atoms with Crippen molar-refractivity contribution in [1.29, 1.82) is 15.8 Å². The molecule has 0 aliphatic rings. The first kappa shape index (κ1) is 11.5. The van der Waals surface area contributed by atoms with E-state index in [0.29, 0.717) is 0 Å². The zero-order chi connectivity index (χ0) is 10.4. The summed E-state index contributed by atoms with van der Waals surface area (Å²) in [5, 5.41) is 26.2. The number of hydrogen-bond acceptors (Lipinski definition) is 3. The molecule has 0 rings (SSSR count). The van der Waals surface area contributed by atoms with Gasteiger partial charge in [-0.3, -0.25) is 0 Å². The van der Waals surface area contributed by atoms with Gasteiger partial charge in [-0.25, -0.2) is 0 Å². The van der Waals surface area contributed by atoms with E-state index >= 15 is 0 Å². The maximum atomic E-state index is 8.73. The van der Waals surface area contributed by atoms with Crippen molar-refractivity contribution in [1.82, 2.24) is 0 Å². The largest absolute Gasteiger partial charge is 0.198 e. The minimum atomic E-state index is -0.246. The molecule has 0 aliphatic heterocycles. The SMILES string of the molecule is CC(C#N)C(C(C)C#N)C(C)C#N. The third kappa shape index (κ3) is 2.77. The van der Waals surface area contributed by atoms with Gasteiger partial charge in [0.15, 0.2) is 0 Å². The summed E-state index contributed by atoms with van der Waals surface area (Å²) in [6.07, 6.45) is 0. The molecule has 68 valence electrons. The van der Waals surface area contributed by atoms with E-state index in [9.17, 15) is 0 Å². The van der Waals surface area contributed by atoms with Gasteiger partial charge in [-0.1, -0.05) is 0 Å². The van der Waals surface area contributed by atoms with Gasteiger partial charge in [-0.2, -0.15) is 15.8 Å². The van der Waals surface area contributed by atoms with Crippen LogP contribution < -0.4 is 0 Å². The lowest BCUT2D eigenvalue weighted by Gasteiger charge is -2.22. The molecule has 3 heteroatoms. The molecule has 0 saturated carbocycles. The van der Waals surface area contributed by atoms with Gasteiger partial charge in [-0.15, -0.1) is 0 Å². The first-order valence-electron chi connectivity index (χ1n) is 4.27. The Bertz CT molecular complexity index is 228. The summed E-state index contributed by atoms with van der Waals surface area (Å²) < 4.78 is 0. The van der Waals surface area contributed by atoms with E-state index in [1.165, 1.54) is 0 Å². The first-order valence-corrected chi connectivity index (χ1v) is 4.27. The Hall–Kier alpha value is -1.53. The molecular weight excluding hydrogens is 162 g/mol. The van der Waals surface area contributed by atoms with E-state index in [4.69, 9.17) is 15.8 Å². The molecule has 0 fully saturated rings. The van der Waals surface area contributed by atoms with Crippen LogP contribution in [0.3, 0.4) is 0 Å². The van der Waals surface area contributed by atoms with E-state index in [-0.39, 0.29) is 23.7 Å². The van der Waals surface area contributed by atoms with E-state index in [0.717, 1.165) is 0 Å². The van der Waals surface area contributed by atoms with Gasteiger partial charge in [0.25, 0.3) is 0 Å². The lowest BCUT2D eigenvalue weighted by molar-refractivity contribution is 0.288. The molecule has 3 nitrogen and oxygen atoms in total. The van der Waals surface area contributed by atoms with Gasteiger partial charge in [0.2, 0.25) is 0 Å². The van der Waals surface area contributed by atoms with Crippen LogP contribution >= 0.6 is 0 Å². The second-order valence-corrected chi connectivity index (χ2v) is 3.33. The van der Waals surface area contributed by atoms with E-state index in [1.54, 1.807) is 20.8 Å². The Balaban J connectivity index is 4.71. The smallest absolute Gasteiger partial charge is 0.0656 e. The molecule has 0 aliphatic carbocycles. The van der Waals surface area contributed by atoms with Crippen molar-refractivity contribution in [2.75, 3.05) is 0 Å². The van der Waals surface area contributed by atoms with Gasteiger partial charge < -0.3 is 0 Å². The molecule has 0 aromatic rings. The quantitative estimate of drug-likeness (QED) is 0.659. The van der Waals surface area contributed by atoms with Crippen molar-refractivity contribution in [3.63, 3.8) is 0 Å². The molecule has 3 atom stereocenters. The van der Waals surface area contributed by atoms with Crippen molar-refractivity contribution < 1.29 is 0 Å². The summed E-state index contributed by atoms with van der Waals surface area (Å²) in [4.78, 5) is 0. The summed E-state index contributed by atoms with van der Waals surface area (Å²) in [5.74, 6) is -0.891. The first-order chi connectivity index (χ1) is 6.08. The highest BCUT2D eigenvalue weighted by atomic mass is 14.4. The topological polar surface area (TPSA) is 71.4 Å². The summed E-state index contributed by atoms with van der Waals surface area (Å²) in [7, 11) is 0. The van der Waals surface area contributed by atoms with Gasteiger partial charge in [-0.05, 0) is 20.8 Å². The number of hydrogen-bond donors (Lipinski definition) is 0. The maximum Gasteiger partial charge on any atom is 0.0656 e. The van der Waals surface area contributed by atoms with E-state index in [1.807, 2.05) is 0 Å². The van der Waals surface area contributed by atoms with E-state index < -0.39 is 0 Å². The van der Waals surface area contributed by atoms with Crippen LogP contribution in [-0.4, -0.2) is 0 Å². The minimum Gasteiger partial charge on any atom is -0.198 e. The fourth-order valence-corrected chi connectivity index (χ4v) is 1.56. The summed E-state index contributed by atoms with van der Waals surface area (Å²) in [6, 6.07) is 6.28. The molecule has 0 radical (unpaired) electrons. The number of rotatable bonds is 3. The molecule has 0 amide bonds. The molecule has 0 heterocycles. The molecule has 0 saturated heterocycles. The van der Waals surface area contributed by atoms with Crippen LogP contribution in [0.2, 0.25) is 0 Å². The zero-order valence-corrected chi connectivity index (χ0v) is 8.15. The van der Waals surface area contributed by atoms with Crippen LogP contribution in [0.1, 0.15) is 20.8 Å². The summed E-state index contributed by atoms with van der Waals surface area (Å²) >= 11 is 0. The molecular formula is C10H13N3. The highest BCUT2D eigenvalue weighted by Crippen LogP contribution is 2.27. The van der Waals surface area contributed by atoms with Crippen molar-refractivity contribution in [2.24, 2.45) is 23.7 Å². The van der Waals surface area contributed by atoms with E-state index in [2.05, 4.69) is 18.2 Å². The third-order valence-electron chi connectivity index (χ3n) is 2.34. The van der Waals surface area contributed by atoms with Gasteiger partial charge in [0.05, 0.1) is 18.2 Å². The lowest BCUT2D eigenvalue weighted by Crippen LogP contribution is -2.24. The van der Waals surface area contributed by atoms with Crippen LogP contribution in [0.5, 0.6) is 0 Å². The Kier molecular flexibility index (Phi) is 4.57. The standard InChI is InChI=1S/C10H13N3/c1-7(4-11)10(8(2)5-12)9(3)6-13/h7-10H,1-3H3. The molecule has 0 spiro atoms. The predicted octanol–water partition coefficient (Wildman–Crippen LogP) is 2.08. The van der Waals surface area contributed by atoms with Crippen molar-refractivity contribution in [3.05, 3.63) is 0 Å². The Morgan fingerprint density at radius 2 is 0.923 bits per heavy atom. The second-order valence-electron chi connectivity index (χ2n) is 3.33. The molecule has 0 aromatic heterocycles. The summed E-state index contributed by atoms with van der Waals surface area (Å²) in [6.45, 7) is 5.27. The predicted molar refractivity (Wildman–Crippen MR) is 47.8 cm³/mol. The highest BCUT2D eigenvalue weighted by molar-refractivity contribution is 5.00. The minimum absolute atomic E-state index is 0.153. The van der Waals surface area contributed by atoms with Crippen LogP contribution in [0.4, 0.5) is 0 Å². The maximum absolute atomic E-state index is 8.73. The lowest BCUT2D eigenvalue weighted by atomic mass is 9.77. The third-order valence-corrected chi connectivity index (χ3v) is 2.34. The zero-order valence-electron chi connectivity index (χ0n) is 8.15. The fourth-order valence-electron chi connectivity index (χ4n) is 1.56. The average Bonchev–Trinajstić information content (AvgIpc) is 2.16. The van der Waals surface area contributed by atoms with Gasteiger partial charge in [0.1, 0.15) is 0 Å². The van der Waals surface area contributed by atoms with Gasteiger partial charge >= 0.3 is 0 Å². The van der Waals surface area contributed by atoms with Crippen LogP contribution in [0.15, 0.2) is 0 Å².